The summed E-state index contributed by atoms with van der Waals surface area (Å²) < 4.78 is 0. The van der Waals surface area contributed by atoms with E-state index in [0.29, 0.717) is 6.42 Å². The summed E-state index contributed by atoms with van der Waals surface area (Å²) in [7, 11) is 0. The van der Waals surface area contributed by atoms with Crippen molar-refractivity contribution in [3.8, 4) is 12.3 Å². The van der Waals surface area contributed by atoms with Crippen molar-refractivity contribution >= 4 is 0 Å². The Morgan fingerprint density at radius 2 is 1.93 bits per heavy atom. The fraction of sp³-hybridized carbons (Fsp3) is 0.833. The van der Waals surface area contributed by atoms with Crippen LogP contribution < -0.4 is 0 Å². The zero-order chi connectivity index (χ0) is 10.4. The number of unbranched alkanes of at least 4 members (excludes halogenated alkanes) is 1. The standard InChI is InChI=1S/C12H20O2/c1-2-5-11(13)12(14)7-4-3-6-10-8-9-10/h1,10-14H,3-9H2/t11-,12-/m0/s1. The maximum absolute atomic E-state index is 9.48. The first-order valence-electron chi connectivity index (χ1n) is 5.53. The highest BCUT2D eigenvalue weighted by Gasteiger charge is 2.20. The maximum Gasteiger partial charge on any atom is 0.0907 e. The molecule has 14 heavy (non-hydrogen) atoms. The molecule has 1 aliphatic rings. The molecule has 2 nitrogen and oxygen atoms in total. The van der Waals surface area contributed by atoms with Crippen molar-refractivity contribution in [3.63, 3.8) is 0 Å². The van der Waals surface area contributed by atoms with Crippen LogP contribution in [0.2, 0.25) is 0 Å². The van der Waals surface area contributed by atoms with Gasteiger partial charge in [0.1, 0.15) is 0 Å². The molecular formula is C12H20O2. The lowest BCUT2D eigenvalue weighted by Crippen LogP contribution is -2.25. The van der Waals surface area contributed by atoms with Gasteiger partial charge in [-0.15, -0.1) is 12.3 Å². The first kappa shape index (κ1) is 11.6. The van der Waals surface area contributed by atoms with Crippen LogP contribution in [-0.2, 0) is 0 Å². The summed E-state index contributed by atoms with van der Waals surface area (Å²) in [5.74, 6) is 3.32. The van der Waals surface area contributed by atoms with Crippen molar-refractivity contribution in [1.29, 1.82) is 0 Å². The van der Waals surface area contributed by atoms with Gasteiger partial charge < -0.3 is 10.2 Å². The summed E-state index contributed by atoms with van der Waals surface area (Å²) in [5.41, 5.74) is 0. The molecule has 0 spiro atoms. The molecule has 1 saturated carbocycles. The van der Waals surface area contributed by atoms with Crippen molar-refractivity contribution in [3.05, 3.63) is 0 Å². The van der Waals surface area contributed by atoms with E-state index in [2.05, 4.69) is 5.92 Å². The lowest BCUT2D eigenvalue weighted by molar-refractivity contribution is 0.0165. The monoisotopic (exact) mass is 196 g/mol. The molecule has 0 bridgehead atoms. The molecule has 2 N–H and O–H groups in total. The van der Waals surface area contributed by atoms with Gasteiger partial charge in [0.25, 0.3) is 0 Å². The van der Waals surface area contributed by atoms with Gasteiger partial charge in [0, 0.05) is 6.42 Å². The molecule has 1 rings (SSSR count). The van der Waals surface area contributed by atoms with Gasteiger partial charge in [-0.3, -0.25) is 0 Å². The number of aliphatic hydroxyl groups is 2. The average Bonchev–Trinajstić information content (AvgIpc) is 2.96. The number of hydrogen-bond acceptors (Lipinski definition) is 2. The molecule has 0 aliphatic heterocycles. The van der Waals surface area contributed by atoms with E-state index in [1.54, 1.807) is 0 Å². The zero-order valence-corrected chi connectivity index (χ0v) is 8.65. The Bertz CT molecular complexity index is 191. The fourth-order valence-corrected chi connectivity index (χ4v) is 1.64. The smallest absolute Gasteiger partial charge is 0.0907 e. The molecule has 80 valence electrons. The van der Waals surface area contributed by atoms with Gasteiger partial charge in [0.05, 0.1) is 12.2 Å². The lowest BCUT2D eigenvalue weighted by atomic mass is 10.0. The van der Waals surface area contributed by atoms with Crippen LogP contribution >= 0.6 is 0 Å². The molecule has 2 heteroatoms. The second-order valence-electron chi connectivity index (χ2n) is 4.27. The third-order valence-electron chi connectivity index (χ3n) is 2.83. The van der Waals surface area contributed by atoms with E-state index >= 15 is 0 Å². The second-order valence-corrected chi connectivity index (χ2v) is 4.27. The average molecular weight is 196 g/mol. The number of rotatable bonds is 7. The minimum Gasteiger partial charge on any atom is -0.390 e. The zero-order valence-electron chi connectivity index (χ0n) is 8.65. The van der Waals surface area contributed by atoms with E-state index < -0.39 is 12.2 Å². The van der Waals surface area contributed by atoms with Gasteiger partial charge in [-0.1, -0.05) is 32.1 Å². The van der Waals surface area contributed by atoms with Gasteiger partial charge in [0.2, 0.25) is 0 Å². The predicted molar refractivity (Wildman–Crippen MR) is 56.7 cm³/mol. The van der Waals surface area contributed by atoms with Crippen LogP contribution in [0.3, 0.4) is 0 Å². The third kappa shape index (κ3) is 4.64. The molecule has 0 radical (unpaired) electrons. The maximum atomic E-state index is 9.48. The van der Waals surface area contributed by atoms with E-state index in [0.717, 1.165) is 12.3 Å². The molecule has 0 saturated heterocycles. The van der Waals surface area contributed by atoms with Crippen LogP contribution in [0.5, 0.6) is 0 Å². The Kier molecular flexibility index (Phi) is 5.00. The summed E-state index contributed by atoms with van der Waals surface area (Å²) in [6.07, 6.45) is 10.9. The Labute approximate surface area is 86.3 Å². The molecule has 0 aromatic rings. The van der Waals surface area contributed by atoms with Crippen LogP contribution in [-0.4, -0.2) is 22.4 Å². The highest BCUT2D eigenvalue weighted by molar-refractivity contribution is 4.89. The van der Waals surface area contributed by atoms with E-state index in [9.17, 15) is 10.2 Å². The SMILES string of the molecule is C#CC[C@H](O)[C@@H](O)CCCCC1CC1. The Morgan fingerprint density at radius 3 is 2.50 bits per heavy atom. The summed E-state index contributed by atoms with van der Waals surface area (Å²) in [5, 5.41) is 18.8. The van der Waals surface area contributed by atoms with E-state index in [1.165, 1.54) is 25.7 Å². The Morgan fingerprint density at radius 1 is 1.21 bits per heavy atom. The first-order valence-corrected chi connectivity index (χ1v) is 5.53. The van der Waals surface area contributed by atoms with Gasteiger partial charge in [-0.05, 0) is 12.3 Å². The van der Waals surface area contributed by atoms with Gasteiger partial charge in [0.15, 0.2) is 0 Å². The number of aliphatic hydroxyl groups excluding tert-OH is 2. The van der Waals surface area contributed by atoms with Gasteiger partial charge >= 0.3 is 0 Å². The number of hydrogen-bond donors (Lipinski definition) is 2. The molecule has 2 atom stereocenters. The van der Waals surface area contributed by atoms with Crippen molar-refractivity contribution in [2.24, 2.45) is 5.92 Å². The highest BCUT2D eigenvalue weighted by atomic mass is 16.3. The Balaban J connectivity index is 1.95. The summed E-state index contributed by atoms with van der Waals surface area (Å²) in [4.78, 5) is 0. The van der Waals surface area contributed by atoms with Crippen LogP contribution in [0.4, 0.5) is 0 Å². The van der Waals surface area contributed by atoms with Crippen molar-refractivity contribution in [1.82, 2.24) is 0 Å². The quantitative estimate of drug-likeness (QED) is 0.480. The molecule has 0 unspecified atom stereocenters. The summed E-state index contributed by atoms with van der Waals surface area (Å²) in [6.45, 7) is 0. The fourth-order valence-electron chi connectivity index (χ4n) is 1.64. The molecule has 0 amide bonds. The van der Waals surface area contributed by atoms with Crippen molar-refractivity contribution in [2.45, 2.75) is 57.2 Å². The Hall–Kier alpha value is -0.520. The van der Waals surface area contributed by atoms with Crippen molar-refractivity contribution < 1.29 is 10.2 Å². The van der Waals surface area contributed by atoms with Crippen molar-refractivity contribution in [2.75, 3.05) is 0 Å². The largest absolute Gasteiger partial charge is 0.390 e. The molecule has 1 fully saturated rings. The first-order chi connectivity index (χ1) is 6.74. The summed E-state index contributed by atoms with van der Waals surface area (Å²) in [6, 6.07) is 0. The van der Waals surface area contributed by atoms with E-state index in [-0.39, 0.29) is 6.42 Å². The van der Waals surface area contributed by atoms with Crippen LogP contribution in [0.1, 0.15) is 44.9 Å². The van der Waals surface area contributed by atoms with E-state index in [1.807, 2.05) is 0 Å². The second kappa shape index (κ2) is 6.06. The molecule has 1 aliphatic carbocycles. The molecule has 0 aromatic heterocycles. The van der Waals surface area contributed by atoms with Gasteiger partial charge in [-0.2, -0.15) is 0 Å². The third-order valence-corrected chi connectivity index (χ3v) is 2.83. The van der Waals surface area contributed by atoms with Gasteiger partial charge in [-0.25, -0.2) is 0 Å². The van der Waals surface area contributed by atoms with Crippen LogP contribution in [0.15, 0.2) is 0 Å². The molecule has 0 aromatic carbocycles. The van der Waals surface area contributed by atoms with E-state index in [4.69, 9.17) is 6.42 Å². The minimum atomic E-state index is -0.735. The molecule has 0 heterocycles. The highest BCUT2D eigenvalue weighted by Crippen LogP contribution is 2.34. The lowest BCUT2D eigenvalue weighted by Gasteiger charge is -2.15. The predicted octanol–water partition coefficient (Wildman–Crippen LogP) is 1.70. The topological polar surface area (TPSA) is 40.5 Å². The molecular weight excluding hydrogens is 176 g/mol. The number of terminal acetylenes is 1. The summed E-state index contributed by atoms with van der Waals surface area (Å²) >= 11 is 0. The van der Waals surface area contributed by atoms with Crippen LogP contribution in [0.25, 0.3) is 0 Å². The normalized spacial score (nSPS) is 20.1. The van der Waals surface area contributed by atoms with Crippen LogP contribution in [0, 0.1) is 18.3 Å². The minimum absolute atomic E-state index is 0.254.